The zero-order chi connectivity index (χ0) is 20.9. The molecule has 152 valence electrons. The van der Waals surface area contributed by atoms with E-state index in [0.717, 1.165) is 38.0 Å². The Morgan fingerprint density at radius 2 is 1.67 bits per heavy atom. The minimum absolute atomic E-state index is 0.114. The van der Waals surface area contributed by atoms with Gasteiger partial charge in [-0.15, -0.1) is 0 Å². The molecule has 2 aromatic heterocycles. The highest BCUT2D eigenvalue weighted by molar-refractivity contribution is 8.00. The molecule has 0 spiro atoms. The van der Waals surface area contributed by atoms with E-state index in [1.165, 1.54) is 29.6 Å². The maximum absolute atomic E-state index is 12.3. The van der Waals surface area contributed by atoms with E-state index in [2.05, 4.69) is 19.7 Å². The SMILES string of the molecule is COc1ccc(NC(=O)CSc2ncnc3c(-c4ccc(OC)cc4)nsc23)cc1. The van der Waals surface area contributed by atoms with Crippen LogP contribution in [0.2, 0.25) is 0 Å². The van der Waals surface area contributed by atoms with Crippen LogP contribution in [0.3, 0.4) is 0 Å². The molecule has 4 aromatic rings. The van der Waals surface area contributed by atoms with Gasteiger partial charge < -0.3 is 14.8 Å². The predicted molar refractivity (Wildman–Crippen MR) is 120 cm³/mol. The summed E-state index contributed by atoms with van der Waals surface area (Å²) in [7, 11) is 3.24. The van der Waals surface area contributed by atoms with Crippen molar-refractivity contribution in [3.8, 4) is 22.8 Å². The standard InChI is InChI=1S/C21H18N4O3S2/c1-27-15-7-3-13(4-8-15)18-19-20(30-25-18)21(23-12-22-19)29-11-17(26)24-14-5-9-16(28-2)10-6-14/h3-10,12H,11H2,1-2H3,(H,24,26). The first-order valence-electron chi connectivity index (χ1n) is 8.99. The van der Waals surface area contributed by atoms with Gasteiger partial charge in [0, 0.05) is 11.3 Å². The zero-order valence-corrected chi connectivity index (χ0v) is 17.9. The topological polar surface area (TPSA) is 86.2 Å². The van der Waals surface area contributed by atoms with Crippen LogP contribution in [0.5, 0.6) is 11.5 Å². The third-order valence-corrected chi connectivity index (χ3v) is 6.26. The fourth-order valence-corrected chi connectivity index (χ4v) is 4.51. The Kier molecular flexibility index (Phi) is 6.10. The lowest BCUT2D eigenvalue weighted by Crippen LogP contribution is -2.14. The van der Waals surface area contributed by atoms with Crippen molar-refractivity contribution in [3.05, 3.63) is 54.9 Å². The van der Waals surface area contributed by atoms with Crippen molar-refractivity contribution in [3.63, 3.8) is 0 Å². The molecule has 0 saturated heterocycles. The first kappa shape index (κ1) is 20.1. The number of amides is 1. The van der Waals surface area contributed by atoms with Crippen molar-refractivity contribution in [2.75, 3.05) is 25.3 Å². The molecule has 0 aliphatic heterocycles. The summed E-state index contributed by atoms with van der Waals surface area (Å²) >= 11 is 2.69. The summed E-state index contributed by atoms with van der Waals surface area (Å²) in [5.41, 5.74) is 3.24. The van der Waals surface area contributed by atoms with Gasteiger partial charge in [-0.05, 0) is 60.1 Å². The molecule has 0 aliphatic rings. The minimum atomic E-state index is -0.114. The van der Waals surface area contributed by atoms with Crippen LogP contribution in [-0.4, -0.2) is 40.2 Å². The number of carbonyl (C=O) groups is 1. The molecule has 0 bridgehead atoms. The van der Waals surface area contributed by atoms with E-state index in [9.17, 15) is 4.79 Å². The maximum atomic E-state index is 12.3. The number of hydrogen-bond donors (Lipinski definition) is 1. The Hall–Kier alpha value is -3.17. The summed E-state index contributed by atoms with van der Waals surface area (Å²) in [4.78, 5) is 21.1. The Balaban J connectivity index is 1.47. The molecule has 0 radical (unpaired) electrons. The van der Waals surface area contributed by atoms with Crippen LogP contribution >= 0.6 is 23.3 Å². The highest BCUT2D eigenvalue weighted by atomic mass is 32.2. The van der Waals surface area contributed by atoms with Crippen molar-refractivity contribution >= 4 is 45.1 Å². The molecular formula is C21H18N4O3S2. The number of carbonyl (C=O) groups excluding carboxylic acids is 1. The lowest BCUT2D eigenvalue weighted by Gasteiger charge is -2.06. The molecule has 2 heterocycles. The average molecular weight is 439 g/mol. The minimum Gasteiger partial charge on any atom is -0.497 e. The molecule has 0 aliphatic carbocycles. The van der Waals surface area contributed by atoms with Crippen molar-refractivity contribution in [2.24, 2.45) is 0 Å². The van der Waals surface area contributed by atoms with Gasteiger partial charge in [0.05, 0.1) is 20.0 Å². The number of hydrogen-bond acceptors (Lipinski definition) is 8. The lowest BCUT2D eigenvalue weighted by molar-refractivity contribution is -0.113. The molecule has 2 aromatic carbocycles. The summed E-state index contributed by atoms with van der Waals surface area (Å²) < 4.78 is 15.8. The lowest BCUT2D eigenvalue weighted by atomic mass is 10.1. The van der Waals surface area contributed by atoms with Crippen LogP contribution in [0, 0.1) is 0 Å². The number of anilines is 1. The number of nitrogens with one attached hydrogen (secondary N) is 1. The quantitative estimate of drug-likeness (QED) is 0.336. The Labute approximate surface area is 181 Å². The van der Waals surface area contributed by atoms with E-state index in [-0.39, 0.29) is 11.7 Å². The van der Waals surface area contributed by atoms with Crippen LogP contribution in [0.4, 0.5) is 5.69 Å². The second kappa shape index (κ2) is 9.10. The second-order valence-corrected chi connectivity index (χ2v) is 7.92. The van der Waals surface area contributed by atoms with Gasteiger partial charge in [0.15, 0.2) is 0 Å². The number of ether oxygens (including phenoxy) is 2. The first-order valence-corrected chi connectivity index (χ1v) is 10.8. The van der Waals surface area contributed by atoms with Gasteiger partial charge >= 0.3 is 0 Å². The number of fused-ring (bicyclic) bond motifs is 1. The van der Waals surface area contributed by atoms with E-state index in [1.807, 2.05) is 24.3 Å². The first-order chi connectivity index (χ1) is 14.7. The molecular weight excluding hydrogens is 420 g/mol. The molecule has 4 rings (SSSR count). The van der Waals surface area contributed by atoms with Gasteiger partial charge in [-0.2, -0.15) is 4.37 Å². The summed E-state index contributed by atoms with van der Waals surface area (Å²) in [5.74, 6) is 1.64. The van der Waals surface area contributed by atoms with Crippen LogP contribution < -0.4 is 14.8 Å². The number of benzene rings is 2. The maximum Gasteiger partial charge on any atom is 0.234 e. The number of methoxy groups -OCH3 is 2. The third-order valence-electron chi connectivity index (χ3n) is 4.30. The van der Waals surface area contributed by atoms with E-state index in [0.29, 0.717) is 5.69 Å². The van der Waals surface area contributed by atoms with E-state index < -0.39 is 0 Å². The number of nitrogens with zero attached hydrogens (tertiary/aromatic N) is 3. The molecule has 0 saturated carbocycles. The smallest absolute Gasteiger partial charge is 0.234 e. The van der Waals surface area contributed by atoms with Gasteiger partial charge in [0.25, 0.3) is 0 Å². The predicted octanol–water partition coefficient (Wildman–Crippen LogP) is 4.50. The molecule has 9 heteroatoms. The fraction of sp³-hybridized carbons (Fsp3) is 0.143. The van der Waals surface area contributed by atoms with Crippen LogP contribution in [0.15, 0.2) is 59.9 Å². The normalized spacial score (nSPS) is 10.7. The van der Waals surface area contributed by atoms with Crippen molar-refractivity contribution < 1.29 is 14.3 Å². The highest BCUT2D eigenvalue weighted by Gasteiger charge is 2.15. The molecule has 30 heavy (non-hydrogen) atoms. The molecule has 0 unspecified atom stereocenters. The summed E-state index contributed by atoms with van der Waals surface area (Å²) in [6, 6.07) is 14.9. The Morgan fingerprint density at radius 3 is 2.33 bits per heavy atom. The Bertz CT molecular complexity index is 1160. The van der Waals surface area contributed by atoms with Gasteiger partial charge in [-0.3, -0.25) is 4.79 Å². The zero-order valence-electron chi connectivity index (χ0n) is 16.3. The van der Waals surface area contributed by atoms with E-state index in [4.69, 9.17) is 9.47 Å². The van der Waals surface area contributed by atoms with Crippen molar-refractivity contribution in [2.45, 2.75) is 5.03 Å². The van der Waals surface area contributed by atoms with Gasteiger partial charge in [0.1, 0.15) is 38.8 Å². The van der Waals surface area contributed by atoms with E-state index in [1.54, 1.807) is 38.5 Å². The molecule has 1 amide bonds. The fourth-order valence-electron chi connectivity index (χ4n) is 2.79. The largest absolute Gasteiger partial charge is 0.497 e. The number of aromatic nitrogens is 3. The summed E-state index contributed by atoms with van der Waals surface area (Å²) in [5, 5.41) is 3.61. The second-order valence-electron chi connectivity index (χ2n) is 6.18. The monoisotopic (exact) mass is 438 g/mol. The molecule has 7 nitrogen and oxygen atoms in total. The van der Waals surface area contributed by atoms with Gasteiger partial charge in [-0.1, -0.05) is 11.8 Å². The van der Waals surface area contributed by atoms with E-state index >= 15 is 0 Å². The number of rotatable bonds is 7. The van der Waals surface area contributed by atoms with Crippen molar-refractivity contribution in [1.82, 2.24) is 14.3 Å². The molecule has 0 atom stereocenters. The molecule has 0 fully saturated rings. The summed E-state index contributed by atoms with van der Waals surface area (Å²) in [6.45, 7) is 0. The van der Waals surface area contributed by atoms with Crippen LogP contribution in [0.25, 0.3) is 21.5 Å². The van der Waals surface area contributed by atoms with Crippen LogP contribution in [-0.2, 0) is 4.79 Å². The Morgan fingerprint density at radius 1 is 1.00 bits per heavy atom. The van der Waals surface area contributed by atoms with Gasteiger partial charge in [-0.25, -0.2) is 9.97 Å². The third kappa shape index (κ3) is 4.37. The van der Waals surface area contributed by atoms with Gasteiger partial charge in [0.2, 0.25) is 5.91 Å². The van der Waals surface area contributed by atoms with Crippen molar-refractivity contribution in [1.29, 1.82) is 0 Å². The molecule has 1 N–H and O–H groups in total. The van der Waals surface area contributed by atoms with Crippen LogP contribution in [0.1, 0.15) is 0 Å². The summed E-state index contributed by atoms with van der Waals surface area (Å²) in [6.07, 6.45) is 1.51. The average Bonchev–Trinajstić information content (AvgIpc) is 3.23. The highest BCUT2D eigenvalue weighted by Crippen LogP contribution is 2.34. The number of thioether (sulfide) groups is 1.